The molecule has 0 radical (unpaired) electrons. The minimum Gasteiger partial charge on any atom is -0.495 e. The number of benzene rings is 3. The summed E-state index contributed by atoms with van der Waals surface area (Å²) in [5.74, 6) is 0.624. The van der Waals surface area contributed by atoms with Gasteiger partial charge in [0, 0.05) is 13.1 Å². The van der Waals surface area contributed by atoms with Gasteiger partial charge in [-0.1, -0.05) is 60.7 Å². The van der Waals surface area contributed by atoms with Crippen LogP contribution in [0.3, 0.4) is 0 Å². The molecular formula is C25H26N2O2. The quantitative estimate of drug-likeness (QED) is 0.688. The highest BCUT2D eigenvalue weighted by Gasteiger charge is 2.30. The third-order valence-corrected chi connectivity index (χ3v) is 5.50. The van der Waals surface area contributed by atoms with Gasteiger partial charge in [-0.2, -0.15) is 0 Å². The predicted octanol–water partition coefficient (Wildman–Crippen LogP) is 4.74. The number of hydrogen-bond donors (Lipinski definition) is 1. The van der Waals surface area contributed by atoms with Gasteiger partial charge in [0.05, 0.1) is 12.8 Å². The number of carbonyl (C=O) groups is 1. The summed E-state index contributed by atoms with van der Waals surface area (Å²) in [6.07, 6.45) is 0.945. The molecule has 3 aromatic carbocycles. The first-order valence-corrected chi connectivity index (χ1v) is 9.97. The SMILES string of the molecule is COc1ccc(C)cc1NC(=O)C(c1ccccc1)N1CCc2ccccc2C1. The van der Waals surface area contributed by atoms with Gasteiger partial charge in [0.25, 0.3) is 0 Å². The van der Waals surface area contributed by atoms with Gasteiger partial charge in [-0.25, -0.2) is 0 Å². The Morgan fingerprint density at radius 2 is 1.72 bits per heavy atom. The second-order valence-electron chi connectivity index (χ2n) is 7.50. The summed E-state index contributed by atoms with van der Waals surface area (Å²) in [4.78, 5) is 15.8. The third kappa shape index (κ3) is 4.17. The maximum Gasteiger partial charge on any atom is 0.246 e. The molecule has 1 atom stereocenters. The Balaban J connectivity index is 1.65. The molecule has 4 nitrogen and oxygen atoms in total. The number of hydrogen-bond acceptors (Lipinski definition) is 3. The van der Waals surface area contributed by atoms with E-state index in [0.29, 0.717) is 11.4 Å². The van der Waals surface area contributed by atoms with Gasteiger partial charge in [-0.05, 0) is 47.7 Å². The van der Waals surface area contributed by atoms with Crippen molar-refractivity contribution in [2.75, 3.05) is 19.0 Å². The smallest absolute Gasteiger partial charge is 0.246 e. The first kappa shape index (κ1) is 19.2. The lowest BCUT2D eigenvalue weighted by molar-refractivity contribution is -0.122. The Labute approximate surface area is 172 Å². The lowest BCUT2D eigenvalue weighted by atomic mass is 9.96. The molecule has 1 N–H and O–H groups in total. The third-order valence-electron chi connectivity index (χ3n) is 5.50. The van der Waals surface area contributed by atoms with E-state index in [1.165, 1.54) is 11.1 Å². The molecule has 4 heteroatoms. The molecule has 4 rings (SSSR count). The molecule has 0 spiro atoms. The molecule has 0 aromatic heterocycles. The molecular weight excluding hydrogens is 360 g/mol. The van der Waals surface area contributed by atoms with E-state index in [4.69, 9.17) is 4.74 Å². The van der Waals surface area contributed by atoms with Gasteiger partial charge in [-0.3, -0.25) is 9.69 Å². The number of carbonyl (C=O) groups excluding carboxylic acids is 1. The summed E-state index contributed by atoms with van der Waals surface area (Å²) in [7, 11) is 1.62. The molecule has 29 heavy (non-hydrogen) atoms. The Morgan fingerprint density at radius 3 is 2.48 bits per heavy atom. The highest BCUT2D eigenvalue weighted by atomic mass is 16.5. The number of nitrogens with zero attached hydrogens (tertiary/aromatic N) is 1. The molecule has 0 bridgehead atoms. The van der Waals surface area contributed by atoms with Crippen molar-refractivity contribution in [3.8, 4) is 5.75 Å². The molecule has 148 valence electrons. The van der Waals surface area contributed by atoms with E-state index in [2.05, 4.69) is 34.5 Å². The number of fused-ring (bicyclic) bond motifs is 1. The van der Waals surface area contributed by atoms with Crippen LogP contribution in [0.1, 0.15) is 28.3 Å². The van der Waals surface area contributed by atoms with Crippen molar-refractivity contribution in [2.24, 2.45) is 0 Å². The van der Waals surface area contributed by atoms with Gasteiger partial charge in [-0.15, -0.1) is 0 Å². The Hall–Kier alpha value is -3.11. The van der Waals surface area contributed by atoms with Crippen molar-refractivity contribution in [1.29, 1.82) is 0 Å². The van der Waals surface area contributed by atoms with E-state index in [0.717, 1.165) is 30.6 Å². The summed E-state index contributed by atoms with van der Waals surface area (Å²) in [6.45, 7) is 3.61. The molecule has 0 fully saturated rings. The second kappa shape index (κ2) is 8.50. The van der Waals surface area contributed by atoms with Gasteiger partial charge >= 0.3 is 0 Å². The van der Waals surface area contributed by atoms with Crippen LogP contribution >= 0.6 is 0 Å². The minimum atomic E-state index is -0.366. The number of rotatable bonds is 5. The van der Waals surface area contributed by atoms with E-state index in [-0.39, 0.29) is 11.9 Å². The monoisotopic (exact) mass is 386 g/mol. The highest BCUT2D eigenvalue weighted by molar-refractivity contribution is 5.96. The second-order valence-corrected chi connectivity index (χ2v) is 7.50. The van der Waals surface area contributed by atoms with Crippen LogP contribution in [0.4, 0.5) is 5.69 Å². The van der Waals surface area contributed by atoms with E-state index in [1.807, 2.05) is 55.5 Å². The van der Waals surface area contributed by atoms with Crippen molar-refractivity contribution in [3.63, 3.8) is 0 Å². The summed E-state index contributed by atoms with van der Waals surface area (Å²) in [5, 5.41) is 3.12. The molecule has 3 aromatic rings. The molecule has 1 heterocycles. The number of anilines is 1. The van der Waals surface area contributed by atoms with Crippen molar-refractivity contribution < 1.29 is 9.53 Å². The number of aryl methyl sites for hydroxylation is 1. The average Bonchev–Trinajstić information content (AvgIpc) is 2.75. The van der Waals surface area contributed by atoms with Crippen molar-refractivity contribution in [3.05, 3.63) is 95.1 Å². The lowest BCUT2D eigenvalue weighted by Gasteiger charge is -2.35. The topological polar surface area (TPSA) is 41.6 Å². The van der Waals surface area contributed by atoms with Crippen LogP contribution in [0.25, 0.3) is 0 Å². The lowest BCUT2D eigenvalue weighted by Crippen LogP contribution is -2.40. The number of ether oxygens (including phenoxy) is 1. The largest absolute Gasteiger partial charge is 0.495 e. The molecule has 1 aliphatic rings. The van der Waals surface area contributed by atoms with Gasteiger partial charge in [0.1, 0.15) is 11.8 Å². The zero-order chi connectivity index (χ0) is 20.2. The molecule has 0 aliphatic carbocycles. The number of nitrogens with one attached hydrogen (secondary N) is 1. The zero-order valence-corrected chi connectivity index (χ0v) is 16.9. The van der Waals surface area contributed by atoms with Crippen LogP contribution in [0.2, 0.25) is 0 Å². The fourth-order valence-electron chi connectivity index (χ4n) is 4.02. The van der Waals surface area contributed by atoms with Crippen LogP contribution < -0.4 is 10.1 Å². The molecule has 0 saturated carbocycles. The maximum atomic E-state index is 13.5. The number of amides is 1. The van der Waals surface area contributed by atoms with Gasteiger partial charge in [0.2, 0.25) is 5.91 Å². The summed E-state index contributed by atoms with van der Waals surface area (Å²) < 4.78 is 5.45. The van der Waals surface area contributed by atoms with E-state index < -0.39 is 0 Å². The Bertz CT molecular complexity index is 1000. The van der Waals surface area contributed by atoms with Crippen LogP contribution in [0, 0.1) is 6.92 Å². The minimum absolute atomic E-state index is 0.0421. The van der Waals surface area contributed by atoms with Crippen molar-refractivity contribution in [2.45, 2.75) is 25.9 Å². The molecule has 1 amide bonds. The van der Waals surface area contributed by atoms with Crippen LogP contribution in [-0.2, 0) is 17.8 Å². The number of methoxy groups -OCH3 is 1. The van der Waals surface area contributed by atoms with Gasteiger partial charge in [0.15, 0.2) is 0 Å². The van der Waals surface area contributed by atoms with Crippen LogP contribution in [0.15, 0.2) is 72.8 Å². The summed E-state index contributed by atoms with van der Waals surface area (Å²) in [5.41, 5.74) is 5.44. The molecule has 1 aliphatic heterocycles. The first-order chi connectivity index (χ1) is 14.2. The van der Waals surface area contributed by atoms with E-state index in [1.54, 1.807) is 7.11 Å². The van der Waals surface area contributed by atoms with Crippen molar-refractivity contribution >= 4 is 11.6 Å². The van der Waals surface area contributed by atoms with Crippen molar-refractivity contribution in [1.82, 2.24) is 4.90 Å². The molecule has 0 saturated heterocycles. The van der Waals surface area contributed by atoms with E-state index in [9.17, 15) is 4.79 Å². The first-order valence-electron chi connectivity index (χ1n) is 9.97. The van der Waals surface area contributed by atoms with Gasteiger partial charge < -0.3 is 10.1 Å². The Morgan fingerprint density at radius 1 is 1.00 bits per heavy atom. The summed E-state index contributed by atoms with van der Waals surface area (Å²) >= 11 is 0. The predicted molar refractivity (Wildman–Crippen MR) is 116 cm³/mol. The standard InChI is InChI=1S/C25H26N2O2/c1-18-12-13-23(29-2)22(16-18)26-25(28)24(20-9-4-3-5-10-20)27-15-14-19-8-6-7-11-21(19)17-27/h3-13,16,24H,14-15,17H2,1-2H3,(H,26,28). The Kier molecular flexibility index (Phi) is 5.63. The normalized spacial score (nSPS) is 14.7. The fraction of sp³-hybridized carbons (Fsp3) is 0.240. The highest BCUT2D eigenvalue weighted by Crippen LogP contribution is 2.31. The zero-order valence-electron chi connectivity index (χ0n) is 16.9. The van der Waals surface area contributed by atoms with E-state index >= 15 is 0 Å². The fourth-order valence-corrected chi connectivity index (χ4v) is 4.02. The van der Waals surface area contributed by atoms with Crippen LogP contribution in [0.5, 0.6) is 5.75 Å². The summed E-state index contributed by atoms with van der Waals surface area (Å²) in [6, 6.07) is 23.9. The molecule has 1 unspecified atom stereocenters. The van der Waals surface area contributed by atoms with Crippen LogP contribution in [-0.4, -0.2) is 24.5 Å². The maximum absolute atomic E-state index is 13.5. The average molecular weight is 386 g/mol.